The van der Waals surface area contributed by atoms with Gasteiger partial charge in [-0.2, -0.15) is 0 Å². The van der Waals surface area contributed by atoms with Crippen LogP contribution < -0.4 is 15.4 Å². The summed E-state index contributed by atoms with van der Waals surface area (Å²) in [6.07, 6.45) is 0.739. The largest absolute Gasteiger partial charge is 0.489 e. The molecule has 104 valence electrons. The SMILES string of the molecule is O=C(NCCc1cscn1)c1cccc2c1OCCN2. The minimum absolute atomic E-state index is 0.110. The Labute approximate surface area is 121 Å². The van der Waals surface area contributed by atoms with E-state index in [1.165, 1.54) is 0 Å². The van der Waals surface area contributed by atoms with Gasteiger partial charge in [0, 0.05) is 24.9 Å². The normalized spacial score (nSPS) is 13.0. The van der Waals surface area contributed by atoms with Crippen molar-refractivity contribution in [2.45, 2.75) is 6.42 Å². The Hall–Kier alpha value is -2.08. The van der Waals surface area contributed by atoms with Crippen LogP contribution in [0.4, 0.5) is 5.69 Å². The molecule has 2 heterocycles. The van der Waals surface area contributed by atoms with E-state index in [1.54, 1.807) is 22.9 Å². The molecular formula is C14H15N3O2S. The molecule has 2 aromatic rings. The summed E-state index contributed by atoms with van der Waals surface area (Å²) in [5, 5.41) is 8.12. The first-order chi connectivity index (χ1) is 9.84. The van der Waals surface area contributed by atoms with Gasteiger partial charge in [-0.15, -0.1) is 11.3 Å². The summed E-state index contributed by atoms with van der Waals surface area (Å²) in [6.45, 7) is 1.91. The average molecular weight is 289 g/mol. The van der Waals surface area contributed by atoms with E-state index in [1.807, 2.05) is 17.5 Å². The van der Waals surface area contributed by atoms with Gasteiger partial charge in [0.05, 0.1) is 22.5 Å². The molecule has 1 aliphatic rings. The lowest BCUT2D eigenvalue weighted by molar-refractivity contribution is 0.0950. The van der Waals surface area contributed by atoms with Crippen molar-refractivity contribution < 1.29 is 9.53 Å². The first-order valence-electron chi connectivity index (χ1n) is 6.49. The summed E-state index contributed by atoms with van der Waals surface area (Å²) < 4.78 is 5.59. The molecule has 0 saturated carbocycles. The lowest BCUT2D eigenvalue weighted by atomic mass is 10.1. The number of carbonyl (C=O) groups is 1. The Morgan fingerprint density at radius 3 is 3.30 bits per heavy atom. The Morgan fingerprint density at radius 2 is 2.45 bits per heavy atom. The van der Waals surface area contributed by atoms with E-state index in [2.05, 4.69) is 15.6 Å². The van der Waals surface area contributed by atoms with Crippen LogP contribution in [-0.4, -0.2) is 30.6 Å². The topological polar surface area (TPSA) is 63.2 Å². The van der Waals surface area contributed by atoms with Crippen molar-refractivity contribution in [3.05, 3.63) is 40.3 Å². The molecule has 1 amide bonds. The highest BCUT2D eigenvalue weighted by Crippen LogP contribution is 2.30. The van der Waals surface area contributed by atoms with E-state index >= 15 is 0 Å². The summed E-state index contributed by atoms with van der Waals surface area (Å²) in [5.74, 6) is 0.533. The zero-order valence-electron chi connectivity index (χ0n) is 10.9. The predicted molar refractivity (Wildman–Crippen MR) is 78.6 cm³/mol. The van der Waals surface area contributed by atoms with Gasteiger partial charge in [-0.3, -0.25) is 4.79 Å². The van der Waals surface area contributed by atoms with Crippen LogP contribution in [0.1, 0.15) is 16.1 Å². The number of fused-ring (bicyclic) bond motifs is 1. The number of amides is 1. The number of benzene rings is 1. The van der Waals surface area contributed by atoms with E-state index in [0.29, 0.717) is 24.5 Å². The third kappa shape index (κ3) is 2.75. The maximum Gasteiger partial charge on any atom is 0.255 e. The molecule has 0 atom stereocenters. The number of hydrogen-bond donors (Lipinski definition) is 2. The number of ether oxygens (including phenoxy) is 1. The smallest absolute Gasteiger partial charge is 0.255 e. The van der Waals surface area contributed by atoms with Crippen molar-refractivity contribution in [1.29, 1.82) is 0 Å². The summed E-state index contributed by atoms with van der Waals surface area (Å²) in [5.41, 5.74) is 4.25. The number of anilines is 1. The lowest BCUT2D eigenvalue weighted by Gasteiger charge is -2.21. The van der Waals surface area contributed by atoms with Gasteiger partial charge in [0.1, 0.15) is 6.61 Å². The molecule has 0 unspecified atom stereocenters. The molecule has 0 bridgehead atoms. The van der Waals surface area contributed by atoms with Gasteiger partial charge in [-0.25, -0.2) is 4.98 Å². The molecular weight excluding hydrogens is 274 g/mol. The Balaban J connectivity index is 1.65. The molecule has 0 fully saturated rings. The summed E-state index contributed by atoms with van der Waals surface area (Å²) in [6, 6.07) is 5.56. The zero-order valence-corrected chi connectivity index (χ0v) is 11.7. The van der Waals surface area contributed by atoms with Gasteiger partial charge < -0.3 is 15.4 Å². The van der Waals surface area contributed by atoms with Crippen LogP contribution in [0.2, 0.25) is 0 Å². The van der Waals surface area contributed by atoms with Crippen LogP contribution in [0.25, 0.3) is 0 Å². The van der Waals surface area contributed by atoms with E-state index in [-0.39, 0.29) is 5.91 Å². The van der Waals surface area contributed by atoms with Gasteiger partial charge in [0.2, 0.25) is 0 Å². The molecule has 1 aromatic heterocycles. The van der Waals surface area contributed by atoms with Crippen LogP contribution in [0.5, 0.6) is 5.75 Å². The standard InChI is InChI=1S/C14H15N3O2S/c18-14(16-5-4-10-8-20-9-17-10)11-2-1-3-12-13(11)19-7-6-15-12/h1-3,8-9,15H,4-7H2,(H,16,18). The van der Waals surface area contributed by atoms with Crippen LogP contribution in [0, 0.1) is 0 Å². The first kappa shape index (κ1) is 12.9. The molecule has 0 spiro atoms. The number of aromatic nitrogens is 1. The fourth-order valence-electron chi connectivity index (χ4n) is 2.11. The maximum atomic E-state index is 12.2. The number of thiazole rings is 1. The van der Waals surface area contributed by atoms with Crippen molar-refractivity contribution in [2.75, 3.05) is 25.0 Å². The highest BCUT2D eigenvalue weighted by Gasteiger charge is 2.18. The highest BCUT2D eigenvalue weighted by molar-refractivity contribution is 7.07. The Morgan fingerprint density at radius 1 is 1.50 bits per heavy atom. The molecule has 20 heavy (non-hydrogen) atoms. The van der Waals surface area contributed by atoms with Crippen molar-refractivity contribution in [2.24, 2.45) is 0 Å². The summed E-state index contributed by atoms with van der Waals surface area (Å²) >= 11 is 1.56. The second-order valence-electron chi connectivity index (χ2n) is 4.44. The van der Waals surface area contributed by atoms with Gasteiger partial charge in [0.25, 0.3) is 5.91 Å². The van der Waals surface area contributed by atoms with Gasteiger partial charge in [0.15, 0.2) is 5.75 Å². The van der Waals surface area contributed by atoms with Gasteiger partial charge in [-0.05, 0) is 12.1 Å². The fourth-order valence-corrected chi connectivity index (χ4v) is 2.70. The Bertz CT molecular complexity index is 598. The van der Waals surface area contributed by atoms with Crippen LogP contribution in [0.3, 0.4) is 0 Å². The van der Waals surface area contributed by atoms with E-state index in [9.17, 15) is 4.79 Å². The minimum Gasteiger partial charge on any atom is -0.489 e. The molecule has 0 radical (unpaired) electrons. The fraction of sp³-hybridized carbons (Fsp3) is 0.286. The number of carbonyl (C=O) groups excluding carboxylic acids is 1. The molecule has 3 rings (SSSR count). The van der Waals surface area contributed by atoms with Crippen LogP contribution in [0.15, 0.2) is 29.1 Å². The monoisotopic (exact) mass is 289 g/mol. The molecule has 1 aromatic carbocycles. The number of nitrogens with zero attached hydrogens (tertiary/aromatic N) is 1. The first-order valence-corrected chi connectivity index (χ1v) is 7.44. The molecule has 0 aliphatic carbocycles. The zero-order chi connectivity index (χ0) is 13.8. The number of nitrogens with one attached hydrogen (secondary N) is 2. The molecule has 1 aliphatic heterocycles. The Kier molecular flexibility index (Phi) is 3.83. The molecule has 0 saturated heterocycles. The van der Waals surface area contributed by atoms with Crippen molar-refractivity contribution in [3.63, 3.8) is 0 Å². The van der Waals surface area contributed by atoms with E-state index < -0.39 is 0 Å². The van der Waals surface area contributed by atoms with Crippen LogP contribution in [-0.2, 0) is 6.42 Å². The number of hydrogen-bond acceptors (Lipinski definition) is 5. The summed E-state index contributed by atoms with van der Waals surface area (Å²) in [4.78, 5) is 16.4. The van der Waals surface area contributed by atoms with Gasteiger partial charge in [-0.1, -0.05) is 6.07 Å². The van der Waals surface area contributed by atoms with Crippen molar-refractivity contribution >= 4 is 22.9 Å². The van der Waals surface area contributed by atoms with Crippen molar-refractivity contribution in [1.82, 2.24) is 10.3 Å². The van der Waals surface area contributed by atoms with E-state index in [4.69, 9.17) is 4.74 Å². The third-order valence-corrected chi connectivity index (χ3v) is 3.71. The number of rotatable bonds is 4. The lowest BCUT2D eigenvalue weighted by Crippen LogP contribution is -2.28. The second-order valence-corrected chi connectivity index (χ2v) is 5.16. The quantitative estimate of drug-likeness (QED) is 0.902. The second kappa shape index (κ2) is 5.92. The minimum atomic E-state index is -0.110. The predicted octanol–water partition coefficient (Wildman–Crippen LogP) is 1.92. The summed E-state index contributed by atoms with van der Waals surface area (Å²) in [7, 11) is 0. The highest BCUT2D eigenvalue weighted by atomic mass is 32.1. The third-order valence-electron chi connectivity index (χ3n) is 3.07. The number of para-hydroxylation sites is 1. The molecule has 5 nitrogen and oxygen atoms in total. The molecule has 2 N–H and O–H groups in total. The van der Waals surface area contributed by atoms with Crippen LogP contribution >= 0.6 is 11.3 Å². The maximum absolute atomic E-state index is 12.2. The van der Waals surface area contributed by atoms with E-state index in [0.717, 1.165) is 24.3 Å². The van der Waals surface area contributed by atoms with Crippen molar-refractivity contribution in [3.8, 4) is 5.75 Å². The van der Waals surface area contributed by atoms with Gasteiger partial charge >= 0.3 is 0 Å². The average Bonchev–Trinajstić information content (AvgIpc) is 3.00. The molecule has 6 heteroatoms.